The van der Waals surface area contributed by atoms with E-state index in [-0.39, 0.29) is 18.7 Å². The molecule has 1 heterocycles. The SMILES string of the molecule is CCOC(=O)c1coc(Sc2ccc(CC(=O)O)cc2)n1. The van der Waals surface area contributed by atoms with E-state index in [1.165, 1.54) is 18.0 Å². The van der Waals surface area contributed by atoms with Crippen molar-refractivity contribution in [1.82, 2.24) is 4.98 Å². The second-order valence-corrected chi connectivity index (χ2v) is 5.06. The van der Waals surface area contributed by atoms with Crippen molar-refractivity contribution in [2.45, 2.75) is 23.5 Å². The average molecular weight is 307 g/mol. The summed E-state index contributed by atoms with van der Waals surface area (Å²) in [5.74, 6) is -1.40. The van der Waals surface area contributed by atoms with Gasteiger partial charge in [0.1, 0.15) is 6.26 Å². The van der Waals surface area contributed by atoms with Gasteiger partial charge in [0.2, 0.25) is 0 Å². The molecule has 0 fully saturated rings. The van der Waals surface area contributed by atoms with Crippen LogP contribution in [0.1, 0.15) is 23.0 Å². The highest BCUT2D eigenvalue weighted by Gasteiger charge is 2.13. The summed E-state index contributed by atoms with van der Waals surface area (Å²) in [4.78, 5) is 26.9. The molecule has 1 aromatic carbocycles. The van der Waals surface area contributed by atoms with Crippen LogP contribution in [0.25, 0.3) is 0 Å². The van der Waals surface area contributed by atoms with E-state index in [0.29, 0.717) is 10.8 Å². The first-order valence-electron chi connectivity index (χ1n) is 6.19. The van der Waals surface area contributed by atoms with E-state index in [2.05, 4.69) is 4.98 Å². The normalized spacial score (nSPS) is 10.3. The van der Waals surface area contributed by atoms with Crippen LogP contribution in [-0.4, -0.2) is 28.6 Å². The largest absolute Gasteiger partial charge is 0.481 e. The number of aliphatic carboxylic acids is 1. The molecule has 7 heteroatoms. The topological polar surface area (TPSA) is 89.6 Å². The number of nitrogens with zero attached hydrogens (tertiary/aromatic N) is 1. The van der Waals surface area contributed by atoms with Gasteiger partial charge in [0, 0.05) is 4.90 Å². The standard InChI is InChI=1S/C14H13NO5S/c1-2-19-13(18)11-8-20-14(15-11)21-10-5-3-9(4-6-10)7-12(16)17/h3-6,8H,2,7H2,1H3,(H,16,17). The molecule has 0 saturated heterocycles. The van der Waals surface area contributed by atoms with Crippen LogP contribution in [0, 0.1) is 0 Å². The number of oxazole rings is 1. The zero-order valence-corrected chi connectivity index (χ0v) is 12.1. The van der Waals surface area contributed by atoms with Crippen molar-refractivity contribution >= 4 is 23.7 Å². The number of carboxylic acid groups (broad SMARTS) is 1. The second-order valence-electron chi connectivity index (χ2n) is 4.04. The van der Waals surface area contributed by atoms with Crippen LogP contribution in [0.15, 0.2) is 45.1 Å². The number of hydrogen-bond acceptors (Lipinski definition) is 6. The number of carbonyl (C=O) groups excluding carboxylic acids is 1. The Morgan fingerprint density at radius 1 is 1.33 bits per heavy atom. The predicted molar refractivity (Wildman–Crippen MR) is 74.4 cm³/mol. The third-order valence-electron chi connectivity index (χ3n) is 2.45. The molecule has 0 amide bonds. The molecule has 0 spiro atoms. The minimum atomic E-state index is -0.873. The number of carboxylic acids is 1. The Balaban J connectivity index is 2.01. The highest BCUT2D eigenvalue weighted by Crippen LogP contribution is 2.27. The molecule has 0 atom stereocenters. The van der Waals surface area contributed by atoms with E-state index in [9.17, 15) is 9.59 Å². The number of aromatic nitrogens is 1. The predicted octanol–water partition coefficient (Wildman–Crippen LogP) is 2.63. The van der Waals surface area contributed by atoms with Gasteiger partial charge in [0.05, 0.1) is 13.0 Å². The van der Waals surface area contributed by atoms with Crippen LogP contribution < -0.4 is 0 Å². The average Bonchev–Trinajstić information content (AvgIpc) is 2.89. The van der Waals surface area contributed by atoms with Crippen molar-refractivity contribution in [3.05, 3.63) is 41.8 Å². The first-order chi connectivity index (χ1) is 10.1. The van der Waals surface area contributed by atoms with Crippen LogP contribution in [0.2, 0.25) is 0 Å². The number of rotatable bonds is 6. The molecule has 6 nitrogen and oxygen atoms in total. The number of benzene rings is 1. The molecule has 0 radical (unpaired) electrons. The van der Waals surface area contributed by atoms with Gasteiger partial charge in [-0.05, 0) is 36.4 Å². The van der Waals surface area contributed by atoms with E-state index >= 15 is 0 Å². The van der Waals surface area contributed by atoms with Crippen LogP contribution in [0.5, 0.6) is 0 Å². The van der Waals surface area contributed by atoms with Gasteiger partial charge in [-0.15, -0.1) is 0 Å². The molecule has 0 bridgehead atoms. The Hall–Kier alpha value is -2.28. The molecule has 1 aromatic heterocycles. The number of hydrogen-bond donors (Lipinski definition) is 1. The molecule has 2 rings (SSSR count). The Labute approximate surface area is 125 Å². The minimum Gasteiger partial charge on any atom is -0.481 e. The summed E-state index contributed by atoms with van der Waals surface area (Å²) in [6, 6.07) is 7.01. The van der Waals surface area contributed by atoms with E-state index in [0.717, 1.165) is 4.90 Å². The van der Waals surface area contributed by atoms with Crippen LogP contribution in [0.4, 0.5) is 0 Å². The minimum absolute atomic E-state index is 0.0169. The first-order valence-corrected chi connectivity index (χ1v) is 7.01. The summed E-state index contributed by atoms with van der Waals surface area (Å²) in [7, 11) is 0. The summed E-state index contributed by atoms with van der Waals surface area (Å²) in [6.45, 7) is 1.99. The van der Waals surface area contributed by atoms with E-state index < -0.39 is 11.9 Å². The molecule has 0 aliphatic heterocycles. The summed E-state index contributed by atoms with van der Waals surface area (Å²) < 4.78 is 10.0. The van der Waals surface area contributed by atoms with Crippen LogP contribution >= 0.6 is 11.8 Å². The number of ether oxygens (including phenoxy) is 1. The molecule has 0 aliphatic rings. The van der Waals surface area contributed by atoms with Gasteiger partial charge in [-0.3, -0.25) is 4.79 Å². The van der Waals surface area contributed by atoms with Crippen molar-refractivity contribution in [1.29, 1.82) is 0 Å². The van der Waals surface area contributed by atoms with E-state index in [1.807, 2.05) is 0 Å². The second kappa shape index (κ2) is 6.94. The Morgan fingerprint density at radius 3 is 2.67 bits per heavy atom. The molecule has 21 heavy (non-hydrogen) atoms. The summed E-state index contributed by atoms with van der Waals surface area (Å²) in [5, 5.41) is 9.02. The molecule has 0 aliphatic carbocycles. The van der Waals surface area contributed by atoms with E-state index in [1.54, 1.807) is 31.2 Å². The molecule has 110 valence electrons. The van der Waals surface area contributed by atoms with Gasteiger partial charge in [-0.1, -0.05) is 12.1 Å². The maximum atomic E-state index is 11.4. The number of carbonyl (C=O) groups is 2. The van der Waals surface area contributed by atoms with Crippen molar-refractivity contribution in [3.63, 3.8) is 0 Å². The third kappa shape index (κ3) is 4.35. The highest BCUT2D eigenvalue weighted by molar-refractivity contribution is 7.99. The zero-order chi connectivity index (χ0) is 15.2. The lowest BCUT2D eigenvalue weighted by atomic mass is 10.2. The molecular formula is C14H13NO5S. The summed E-state index contributed by atoms with van der Waals surface area (Å²) >= 11 is 1.24. The van der Waals surface area contributed by atoms with Gasteiger partial charge in [0.15, 0.2) is 5.69 Å². The van der Waals surface area contributed by atoms with Gasteiger partial charge < -0.3 is 14.3 Å². The summed E-state index contributed by atoms with van der Waals surface area (Å²) in [6.07, 6.45) is 1.23. The highest BCUT2D eigenvalue weighted by atomic mass is 32.2. The molecule has 1 N–H and O–H groups in total. The fourth-order valence-corrected chi connectivity index (χ4v) is 2.27. The van der Waals surface area contributed by atoms with Gasteiger partial charge in [-0.25, -0.2) is 4.79 Å². The maximum Gasteiger partial charge on any atom is 0.360 e. The van der Waals surface area contributed by atoms with Gasteiger partial charge >= 0.3 is 11.9 Å². The van der Waals surface area contributed by atoms with Gasteiger partial charge in [0.25, 0.3) is 5.22 Å². The fraction of sp³-hybridized carbons (Fsp3) is 0.214. The quantitative estimate of drug-likeness (QED) is 0.820. The molecule has 2 aromatic rings. The first kappa shape index (κ1) is 15.1. The third-order valence-corrected chi connectivity index (χ3v) is 3.32. The lowest BCUT2D eigenvalue weighted by molar-refractivity contribution is -0.136. The monoisotopic (exact) mass is 307 g/mol. The van der Waals surface area contributed by atoms with Crippen molar-refractivity contribution in [3.8, 4) is 0 Å². The Bertz CT molecular complexity index is 635. The molecule has 0 saturated carbocycles. The Morgan fingerprint density at radius 2 is 2.05 bits per heavy atom. The summed E-state index contributed by atoms with van der Waals surface area (Å²) in [5.41, 5.74) is 0.841. The lowest BCUT2D eigenvalue weighted by Gasteiger charge is -1.99. The van der Waals surface area contributed by atoms with Crippen molar-refractivity contribution in [2.75, 3.05) is 6.61 Å². The van der Waals surface area contributed by atoms with Gasteiger partial charge in [-0.2, -0.15) is 4.98 Å². The van der Waals surface area contributed by atoms with Crippen molar-refractivity contribution in [2.24, 2.45) is 0 Å². The Kier molecular flexibility index (Phi) is 4.99. The van der Waals surface area contributed by atoms with E-state index in [4.69, 9.17) is 14.3 Å². The fourth-order valence-electron chi connectivity index (χ4n) is 1.55. The lowest BCUT2D eigenvalue weighted by Crippen LogP contribution is -2.04. The zero-order valence-electron chi connectivity index (χ0n) is 11.2. The number of esters is 1. The van der Waals surface area contributed by atoms with Crippen molar-refractivity contribution < 1.29 is 23.8 Å². The smallest absolute Gasteiger partial charge is 0.360 e. The molecule has 0 unspecified atom stereocenters. The van der Waals surface area contributed by atoms with Crippen LogP contribution in [0.3, 0.4) is 0 Å². The van der Waals surface area contributed by atoms with Crippen LogP contribution in [-0.2, 0) is 16.0 Å². The molecular weight excluding hydrogens is 294 g/mol. The maximum absolute atomic E-state index is 11.4.